The van der Waals surface area contributed by atoms with Gasteiger partial charge in [0.15, 0.2) is 17.5 Å². The Hall–Kier alpha value is -2.71. The van der Waals surface area contributed by atoms with E-state index in [1.165, 1.54) is 0 Å². The van der Waals surface area contributed by atoms with E-state index >= 15 is 0 Å². The van der Waals surface area contributed by atoms with Gasteiger partial charge < -0.3 is 29.3 Å². The molecule has 32 heavy (non-hydrogen) atoms. The molecule has 8 heteroatoms. The highest BCUT2D eigenvalue weighted by molar-refractivity contribution is 5.79. The van der Waals surface area contributed by atoms with Crippen LogP contribution in [0.1, 0.15) is 24.2 Å². The average Bonchev–Trinajstić information content (AvgIpc) is 3.23. The summed E-state index contributed by atoms with van der Waals surface area (Å²) in [6, 6.07) is 9.91. The fourth-order valence-corrected chi connectivity index (χ4v) is 3.81. The van der Waals surface area contributed by atoms with Crippen LogP contribution in [0.3, 0.4) is 0 Å². The van der Waals surface area contributed by atoms with E-state index < -0.39 is 0 Å². The lowest BCUT2D eigenvalue weighted by atomic mass is 10.2. The van der Waals surface area contributed by atoms with Crippen LogP contribution < -0.4 is 20.1 Å². The molecule has 0 atom stereocenters. The lowest BCUT2D eigenvalue weighted by Crippen LogP contribution is -2.41. The van der Waals surface area contributed by atoms with Gasteiger partial charge in [-0.2, -0.15) is 0 Å². The van der Waals surface area contributed by atoms with Gasteiger partial charge in [-0.3, -0.25) is 4.90 Å². The maximum absolute atomic E-state index is 5.94. The Bertz CT molecular complexity index is 835. The molecule has 0 unspecified atom stereocenters. The maximum Gasteiger partial charge on any atom is 0.191 e. The second kappa shape index (κ2) is 12.4. The number of rotatable bonds is 9. The van der Waals surface area contributed by atoms with E-state index in [1.807, 2.05) is 24.3 Å². The van der Waals surface area contributed by atoms with Crippen LogP contribution in [0.2, 0.25) is 0 Å². The molecule has 8 nitrogen and oxygen atoms in total. The number of hydrogen-bond donors (Lipinski definition) is 2. The van der Waals surface area contributed by atoms with E-state index in [4.69, 9.17) is 23.6 Å². The number of aliphatic imine (C=N–C) groups is 1. The molecule has 0 aliphatic carbocycles. The molecule has 1 aromatic heterocycles. The van der Waals surface area contributed by atoms with E-state index in [-0.39, 0.29) is 0 Å². The van der Waals surface area contributed by atoms with Crippen molar-refractivity contribution >= 4 is 5.96 Å². The molecule has 2 aromatic rings. The standard InChI is InChI=1S/C24H34N4O4/c1-5-20(23-22(7-1)31-15-4-16-32-23)19-27-24(26-10-8-21-6-2-14-30-21)25-9-3-11-28-12-17-29-18-13-28/h1-2,5-7,14H,3-4,8-13,15-19H2,(H2,25,26,27). The van der Waals surface area contributed by atoms with Gasteiger partial charge in [-0.05, 0) is 31.2 Å². The third-order valence-electron chi connectivity index (χ3n) is 5.55. The highest BCUT2D eigenvalue weighted by atomic mass is 16.5. The fraction of sp³-hybridized carbons (Fsp3) is 0.542. The third kappa shape index (κ3) is 6.90. The predicted molar refractivity (Wildman–Crippen MR) is 123 cm³/mol. The predicted octanol–water partition coefficient (Wildman–Crippen LogP) is 2.44. The fourth-order valence-electron chi connectivity index (χ4n) is 3.81. The molecule has 0 spiro atoms. The summed E-state index contributed by atoms with van der Waals surface area (Å²) < 4.78 is 22.6. The third-order valence-corrected chi connectivity index (χ3v) is 5.55. The van der Waals surface area contributed by atoms with Gasteiger partial charge in [0.25, 0.3) is 0 Å². The van der Waals surface area contributed by atoms with Crippen molar-refractivity contribution in [2.45, 2.75) is 25.8 Å². The van der Waals surface area contributed by atoms with Gasteiger partial charge in [0.05, 0.1) is 39.2 Å². The van der Waals surface area contributed by atoms with Crippen LogP contribution in [0.15, 0.2) is 46.0 Å². The first kappa shape index (κ1) is 22.5. The summed E-state index contributed by atoms with van der Waals surface area (Å²) in [5.41, 5.74) is 1.03. The normalized spacial score (nSPS) is 17.1. The van der Waals surface area contributed by atoms with Crippen LogP contribution in [0.5, 0.6) is 11.5 Å². The second-order valence-electron chi connectivity index (χ2n) is 7.95. The molecule has 1 fully saturated rings. The Morgan fingerprint density at radius 2 is 1.84 bits per heavy atom. The quantitative estimate of drug-likeness (QED) is 0.351. The minimum Gasteiger partial charge on any atom is -0.490 e. The maximum atomic E-state index is 5.94. The summed E-state index contributed by atoms with van der Waals surface area (Å²) in [5, 5.41) is 6.91. The number of furan rings is 1. The molecule has 174 valence electrons. The number of nitrogens with one attached hydrogen (secondary N) is 2. The van der Waals surface area contributed by atoms with Gasteiger partial charge in [0, 0.05) is 44.6 Å². The Morgan fingerprint density at radius 1 is 0.969 bits per heavy atom. The van der Waals surface area contributed by atoms with Crippen molar-refractivity contribution in [1.82, 2.24) is 15.5 Å². The summed E-state index contributed by atoms with van der Waals surface area (Å²) in [6.45, 7) is 8.24. The van der Waals surface area contributed by atoms with Crippen LogP contribution in [-0.2, 0) is 17.7 Å². The summed E-state index contributed by atoms with van der Waals surface area (Å²) in [6.07, 6.45) is 4.45. The zero-order valence-corrected chi connectivity index (χ0v) is 18.7. The molecule has 2 aliphatic rings. The van der Waals surface area contributed by atoms with Crippen LogP contribution >= 0.6 is 0 Å². The number of ether oxygens (including phenoxy) is 3. The second-order valence-corrected chi connectivity index (χ2v) is 7.95. The molecule has 3 heterocycles. The zero-order valence-electron chi connectivity index (χ0n) is 18.7. The smallest absolute Gasteiger partial charge is 0.191 e. The molecular formula is C24H34N4O4. The lowest BCUT2D eigenvalue weighted by Gasteiger charge is -2.26. The number of benzene rings is 1. The molecule has 1 saturated heterocycles. The average molecular weight is 443 g/mol. The van der Waals surface area contributed by atoms with Crippen molar-refractivity contribution in [2.24, 2.45) is 4.99 Å². The summed E-state index contributed by atoms with van der Waals surface area (Å²) in [4.78, 5) is 7.28. The van der Waals surface area contributed by atoms with Crippen molar-refractivity contribution in [3.05, 3.63) is 47.9 Å². The van der Waals surface area contributed by atoms with Gasteiger partial charge in [0.2, 0.25) is 0 Å². The van der Waals surface area contributed by atoms with E-state index in [2.05, 4.69) is 21.6 Å². The Morgan fingerprint density at radius 3 is 2.72 bits per heavy atom. The Labute approximate surface area is 189 Å². The van der Waals surface area contributed by atoms with Crippen molar-refractivity contribution in [3.8, 4) is 11.5 Å². The van der Waals surface area contributed by atoms with E-state index in [0.717, 1.165) is 94.0 Å². The first-order valence-electron chi connectivity index (χ1n) is 11.6. The number of fused-ring (bicyclic) bond motifs is 1. The molecule has 2 N–H and O–H groups in total. The van der Waals surface area contributed by atoms with Gasteiger partial charge in [-0.15, -0.1) is 0 Å². The largest absolute Gasteiger partial charge is 0.490 e. The lowest BCUT2D eigenvalue weighted by molar-refractivity contribution is 0.0376. The summed E-state index contributed by atoms with van der Waals surface area (Å²) >= 11 is 0. The number of hydrogen-bond acceptors (Lipinski definition) is 6. The topological polar surface area (TPSA) is 80.5 Å². The van der Waals surface area contributed by atoms with Gasteiger partial charge in [0.1, 0.15) is 5.76 Å². The molecule has 0 amide bonds. The van der Waals surface area contributed by atoms with Gasteiger partial charge in [-0.25, -0.2) is 4.99 Å². The van der Waals surface area contributed by atoms with Crippen molar-refractivity contribution in [3.63, 3.8) is 0 Å². The Kier molecular flexibility index (Phi) is 8.68. The van der Waals surface area contributed by atoms with Gasteiger partial charge >= 0.3 is 0 Å². The molecule has 4 rings (SSSR count). The SMILES string of the molecule is c1coc(CCNC(=NCc2cccc3c2OCCCO3)NCCCN2CCOCC2)c1. The molecule has 0 saturated carbocycles. The number of nitrogens with zero attached hydrogens (tertiary/aromatic N) is 2. The first-order valence-corrected chi connectivity index (χ1v) is 11.6. The van der Waals surface area contributed by atoms with Crippen molar-refractivity contribution < 1.29 is 18.6 Å². The highest BCUT2D eigenvalue weighted by Crippen LogP contribution is 2.33. The summed E-state index contributed by atoms with van der Waals surface area (Å²) in [7, 11) is 0. The molecule has 2 aliphatic heterocycles. The van der Waals surface area contributed by atoms with Crippen LogP contribution in [0.25, 0.3) is 0 Å². The monoisotopic (exact) mass is 442 g/mol. The summed E-state index contributed by atoms with van der Waals surface area (Å²) in [5.74, 6) is 3.38. The first-order chi connectivity index (χ1) is 15.9. The molecule has 0 radical (unpaired) electrons. The van der Waals surface area contributed by atoms with E-state index in [9.17, 15) is 0 Å². The minimum atomic E-state index is 0.520. The zero-order chi connectivity index (χ0) is 21.8. The number of para-hydroxylation sites is 1. The van der Waals surface area contributed by atoms with Crippen LogP contribution in [0.4, 0.5) is 0 Å². The van der Waals surface area contributed by atoms with Gasteiger partial charge in [-0.1, -0.05) is 12.1 Å². The number of morpholine rings is 1. The number of guanidine groups is 1. The van der Waals surface area contributed by atoms with Crippen molar-refractivity contribution in [1.29, 1.82) is 0 Å². The van der Waals surface area contributed by atoms with E-state index in [0.29, 0.717) is 19.8 Å². The van der Waals surface area contributed by atoms with Crippen molar-refractivity contribution in [2.75, 3.05) is 59.2 Å². The van der Waals surface area contributed by atoms with E-state index in [1.54, 1.807) is 6.26 Å². The molecular weight excluding hydrogens is 408 g/mol. The molecule has 1 aromatic carbocycles. The van der Waals surface area contributed by atoms with Crippen LogP contribution in [-0.4, -0.2) is 70.0 Å². The van der Waals surface area contributed by atoms with Crippen LogP contribution in [0, 0.1) is 0 Å². The minimum absolute atomic E-state index is 0.520. The Balaban J connectivity index is 1.33. The highest BCUT2D eigenvalue weighted by Gasteiger charge is 2.14. The molecule has 0 bridgehead atoms.